The highest BCUT2D eigenvalue weighted by molar-refractivity contribution is 5.73. The summed E-state index contributed by atoms with van der Waals surface area (Å²) in [5, 5.41) is 31.9. The van der Waals surface area contributed by atoms with E-state index in [4.69, 9.17) is 9.47 Å². The molecule has 23 heavy (non-hydrogen) atoms. The number of carbonyl (C=O) groups excluding carboxylic acids is 1. The van der Waals surface area contributed by atoms with Crippen molar-refractivity contribution in [1.29, 1.82) is 0 Å². The number of aliphatic hydroxyl groups is 3. The van der Waals surface area contributed by atoms with Crippen molar-refractivity contribution in [3.8, 4) is 5.75 Å². The van der Waals surface area contributed by atoms with Gasteiger partial charge in [-0.1, -0.05) is 6.07 Å². The molecule has 1 fully saturated rings. The smallest absolute Gasteiger partial charge is 0.223 e. The summed E-state index contributed by atoms with van der Waals surface area (Å²) in [5.74, 6) is 0.120. The van der Waals surface area contributed by atoms with Gasteiger partial charge in [0, 0.05) is 6.92 Å². The van der Waals surface area contributed by atoms with Crippen molar-refractivity contribution < 1.29 is 29.6 Å². The summed E-state index contributed by atoms with van der Waals surface area (Å²) >= 11 is 0. The largest absolute Gasteiger partial charge is 0.463 e. The van der Waals surface area contributed by atoms with Crippen LogP contribution in [0.5, 0.6) is 5.75 Å². The topological polar surface area (TPSA) is 108 Å². The first-order valence-corrected chi connectivity index (χ1v) is 7.47. The predicted molar refractivity (Wildman–Crippen MR) is 81.9 cm³/mol. The Hall–Kier alpha value is -1.67. The van der Waals surface area contributed by atoms with Gasteiger partial charge in [0.2, 0.25) is 12.2 Å². The molecule has 0 aliphatic carbocycles. The van der Waals surface area contributed by atoms with Crippen LogP contribution in [0.1, 0.15) is 18.1 Å². The van der Waals surface area contributed by atoms with E-state index in [1.807, 2.05) is 26.0 Å². The Morgan fingerprint density at radius 3 is 2.52 bits per heavy atom. The molecule has 7 heteroatoms. The van der Waals surface area contributed by atoms with E-state index in [1.165, 1.54) is 6.92 Å². The van der Waals surface area contributed by atoms with Crippen LogP contribution < -0.4 is 10.1 Å². The summed E-state index contributed by atoms with van der Waals surface area (Å²) in [6, 6.07) is 4.50. The first-order valence-electron chi connectivity index (χ1n) is 7.47. The molecule has 5 atom stereocenters. The normalized spacial score (nSPS) is 30.8. The SMILES string of the molecule is CC(=O)NC1C(Oc2ccc(C)c(C)c2)OC(CO)C(O)C1O. The fourth-order valence-electron chi connectivity index (χ4n) is 2.49. The van der Waals surface area contributed by atoms with E-state index in [0.717, 1.165) is 11.1 Å². The van der Waals surface area contributed by atoms with Gasteiger partial charge >= 0.3 is 0 Å². The minimum atomic E-state index is -1.32. The molecule has 1 aliphatic heterocycles. The number of hydrogen-bond donors (Lipinski definition) is 4. The van der Waals surface area contributed by atoms with Crippen LogP contribution >= 0.6 is 0 Å². The summed E-state index contributed by atoms with van der Waals surface area (Å²) in [7, 11) is 0. The highest BCUT2D eigenvalue weighted by atomic mass is 16.7. The molecule has 0 bridgehead atoms. The third-order valence-electron chi connectivity index (χ3n) is 3.98. The van der Waals surface area contributed by atoms with Gasteiger partial charge in [-0.25, -0.2) is 0 Å². The molecule has 2 rings (SSSR count). The number of hydrogen-bond acceptors (Lipinski definition) is 6. The first-order chi connectivity index (χ1) is 10.8. The lowest BCUT2D eigenvalue weighted by Crippen LogP contribution is -2.65. The van der Waals surface area contributed by atoms with Gasteiger partial charge in [-0.2, -0.15) is 0 Å². The molecule has 1 saturated heterocycles. The number of carbonyl (C=O) groups is 1. The van der Waals surface area contributed by atoms with Crippen LogP contribution in [0.15, 0.2) is 18.2 Å². The zero-order valence-corrected chi connectivity index (χ0v) is 13.4. The molecule has 1 aliphatic rings. The number of amides is 1. The van der Waals surface area contributed by atoms with Gasteiger partial charge < -0.3 is 30.1 Å². The van der Waals surface area contributed by atoms with E-state index in [2.05, 4.69) is 5.32 Å². The Morgan fingerprint density at radius 1 is 1.26 bits per heavy atom. The number of aliphatic hydroxyl groups excluding tert-OH is 3. The van der Waals surface area contributed by atoms with Crippen molar-refractivity contribution in [1.82, 2.24) is 5.32 Å². The Labute approximate surface area is 134 Å². The maximum absolute atomic E-state index is 11.3. The van der Waals surface area contributed by atoms with E-state index >= 15 is 0 Å². The van der Waals surface area contributed by atoms with Crippen molar-refractivity contribution in [3.05, 3.63) is 29.3 Å². The maximum Gasteiger partial charge on any atom is 0.223 e. The standard InChI is InChI=1S/C16H23NO6/c1-8-4-5-11(6-9(8)2)22-16-13(17-10(3)19)15(21)14(20)12(7-18)23-16/h4-6,12-16,18,20-21H,7H2,1-3H3,(H,17,19). The highest BCUT2D eigenvalue weighted by Crippen LogP contribution is 2.25. The fraction of sp³-hybridized carbons (Fsp3) is 0.562. The zero-order chi connectivity index (χ0) is 17.1. The molecular formula is C16H23NO6. The van der Waals surface area contributed by atoms with E-state index in [9.17, 15) is 20.1 Å². The van der Waals surface area contributed by atoms with Gasteiger partial charge in [0.05, 0.1) is 6.61 Å². The zero-order valence-electron chi connectivity index (χ0n) is 13.4. The molecule has 0 saturated carbocycles. The van der Waals surface area contributed by atoms with Crippen LogP contribution in [0, 0.1) is 13.8 Å². The van der Waals surface area contributed by atoms with Gasteiger partial charge in [-0.15, -0.1) is 0 Å². The van der Waals surface area contributed by atoms with Gasteiger partial charge in [-0.3, -0.25) is 4.79 Å². The van der Waals surface area contributed by atoms with Crippen molar-refractivity contribution in [2.75, 3.05) is 6.61 Å². The number of ether oxygens (including phenoxy) is 2. The Kier molecular flexibility index (Phi) is 5.59. The molecule has 4 N–H and O–H groups in total. The maximum atomic E-state index is 11.3. The number of benzene rings is 1. The van der Waals surface area contributed by atoms with Crippen LogP contribution in [0.3, 0.4) is 0 Å². The van der Waals surface area contributed by atoms with Crippen LogP contribution in [0.2, 0.25) is 0 Å². The first kappa shape index (κ1) is 17.7. The van der Waals surface area contributed by atoms with Crippen LogP contribution in [-0.4, -0.2) is 58.5 Å². The monoisotopic (exact) mass is 325 g/mol. The molecule has 7 nitrogen and oxygen atoms in total. The molecule has 0 spiro atoms. The second-order valence-corrected chi connectivity index (χ2v) is 5.80. The third kappa shape index (κ3) is 4.00. The van der Waals surface area contributed by atoms with Crippen molar-refractivity contribution >= 4 is 5.91 Å². The average molecular weight is 325 g/mol. The quantitative estimate of drug-likeness (QED) is 0.601. The van der Waals surface area contributed by atoms with Gasteiger partial charge in [0.15, 0.2) is 0 Å². The fourth-order valence-corrected chi connectivity index (χ4v) is 2.49. The Balaban J connectivity index is 2.23. The summed E-state index contributed by atoms with van der Waals surface area (Å²) in [4.78, 5) is 11.3. The summed E-state index contributed by atoms with van der Waals surface area (Å²) in [6.45, 7) is 4.73. The Morgan fingerprint density at radius 2 is 1.96 bits per heavy atom. The third-order valence-corrected chi connectivity index (χ3v) is 3.98. The molecule has 1 aromatic carbocycles. The van der Waals surface area contributed by atoms with Gasteiger partial charge in [0.25, 0.3) is 0 Å². The van der Waals surface area contributed by atoms with Crippen molar-refractivity contribution in [2.24, 2.45) is 0 Å². The van der Waals surface area contributed by atoms with Gasteiger partial charge in [-0.05, 0) is 37.1 Å². The van der Waals surface area contributed by atoms with Crippen molar-refractivity contribution in [3.63, 3.8) is 0 Å². The van der Waals surface area contributed by atoms with E-state index in [0.29, 0.717) is 5.75 Å². The molecule has 5 unspecified atom stereocenters. The molecule has 0 radical (unpaired) electrons. The van der Waals surface area contributed by atoms with Crippen LogP contribution in [0.4, 0.5) is 0 Å². The van der Waals surface area contributed by atoms with Gasteiger partial charge in [0.1, 0.15) is 30.1 Å². The number of aryl methyl sites for hydroxylation is 2. The molecule has 1 aromatic rings. The van der Waals surface area contributed by atoms with Crippen LogP contribution in [-0.2, 0) is 9.53 Å². The highest BCUT2D eigenvalue weighted by Gasteiger charge is 2.46. The molecule has 1 heterocycles. The number of nitrogens with one attached hydrogen (secondary N) is 1. The minimum Gasteiger partial charge on any atom is -0.463 e. The van der Waals surface area contributed by atoms with E-state index in [-0.39, 0.29) is 5.91 Å². The predicted octanol–water partition coefficient (Wildman–Crippen LogP) is -0.374. The molecule has 1 amide bonds. The lowest BCUT2D eigenvalue weighted by molar-refractivity contribution is -0.244. The second-order valence-electron chi connectivity index (χ2n) is 5.80. The van der Waals surface area contributed by atoms with Crippen molar-refractivity contribution in [2.45, 2.75) is 51.4 Å². The van der Waals surface area contributed by atoms with E-state index < -0.39 is 37.3 Å². The Bertz CT molecular complexity index is 564. The summed E-state index contributed by atoms with van der Waals surface area (Å²) < 4.78 is 11.2. The van der Waals surface area contributed by atoms with Crippen LogP contribution in [0.25, 0.3) is 0 Å². The number of rotatable bonds is 4. The average Bonchev–Trinajstić information content (AvgIpc) is 2.50. The minimum absolute atomic E-state index is 0.388. The lowest BCUT2D eigenvalue weighted by atomic mass is 9.97. The second kappa shape index (κ2) is 7.27. The lowest BCUT2D eigenvalue weighted by Gasteiger charge is -2.42. The molecule has 128 valence electrons. The summed E-state index contributed by atoms with van der Waals surface area (Å²) in [5.41, 5.74) is 2.12. The molecular weight excluding hydrogens is 302 g/mol. The molecule has 0 aromatic heterocycles. The van der Waals surface area contributed by atoms with E-state index in [1.54, 1.807) is 6.07 Å². The summed E-state index contributed by atoms with van der Waals surface area (Å²) in [6.07, 6.45) is -4.67.